The lowest BCUT2D eigenvalue weighted by molar-refractivity contribution is -0.385. The van der Waals surface area contributed by atoms with Gasteiger partial charge in [-0.05, 0) is 60.0 Å². The number of ether oxygens (including phenoxy) is 4. The predicted octanol–water partition coefficient (Wildman–Crippen LogP) is 5.03. The molecule has 0 atom stereocenters. The second-order valence-electron chi connectivity index (χ2n) is 11.7. The third-order valence-electron chi connectivity index (χ3n) is 7.70. The molecule has 3 aromatic carbocycles. The summed E-state index contributed by atoms with van der Waals surface area (Å²) < 4.78 is 20.0. The first-order valence-corrected chi connectivity index (χ1v) is 16.1. The highest BCUT2D eigenvalue weighted by Crippen LogP contribution is 2.37. The summed E-state index contributed by atoms with van der Waals surface area (Å²) in [5.74, 6) is 1.48. The number of nitrogens with one attached hydrogen (secondary N) is 2. The SMILES string of the molecule is COC(C)(C)N(C)C.COc1c(-c2n[nH]c(C)n2)cccc1[N+](=O)[O-].COc1c(-c2n[nH]c(C)n2)cccc1[N+](=O)[O-].COc1c(C(N)=O)cccc1[N+](=O)[O-]. The Kier molecular flexibility index (Phi) is 16.4. The standard InChI is InChI=1S/2C10H10N4O3.C8H8N2O4.C6H15NO/c2*1-6-11-10(13-12-6)7-4-3-5-8(14(15)16)9(7)17-2;1-14-7-5(8(9)11)3-2-4-6(7)10(12)13;1-6(2,8-5)7(3)4/h2*3-5H,1-2H3,(H,11,12,13);2-4H,1H3,(H2,9,11);1-5H3. The second kappa shape index (κ2) is 20.4. The van der Waals surface area contributed by atoms with Crippen molar-refractivity contribution >= 4 is 23.0 Å². The molecule has 5 aromatic rings. The summed E-state index contributed by atoms with van der Waals surface area (Å²) in [6, 6.07) is 13.2. The maximum Gasteiger partial charge on any atom is 0.311 e. The summed E-state index contributed by atoms with van der Waals surface area (Å²) in [5, 5.41) is 45.5. The van der Waals surface area contributed by atoms with Crippen molar-refractivity contribution in [2.75, 3.05) is 42.5 Å². The van der Waals surface area contributed by atoms with E-state index in [4.69, 9.17) is 24.7 Å². The van der Waals surface area contributed by atoms with Crippen LogP contribution in [0.4, 0.5) is 17.1 Å². The third-order valence-corrected chi connectivity index (χ3v) is 7.70. The van der Waals surface area contributed by atoms with Gasteiger partial charge in [0.05, 0.1) is 52.8 Å². The summed E-state index contributed by atoms with van der Waals surface area (Å²) >= 11 is 0. The first kappa shape index (κ1) is 45.1. The first-order chi connectivity index (χ1) is 26.3. The molecule has 0 unspecified atom stereocenters. The lowest BCUT2D eigenvalue weighted by Gasteiger charge is -2.30. The third kappa shape index (κ3) is 11.7. The van der Waals surface area contributed by atoms with E-state index in [2.05, 4.69) is 30.4 Å². The van der Waals surface area contributed by atoms with Gasteiger partial charge in [0.15, 0.2) is 11.6 Å². The lowest BCUT2D eigenvalue weighted by atomic mass is 10.1. The highest BCUT2D eigenvalue weighted by molar-refractivity contribution is 5.97. The molecule has 22 nitrogen and oxygen atoms in total. The van der Waals surface area contributed by atoms with Crippen molar-refractivity contribution in [1.82, 2.24) is 35.3 Å². The molecule has 0 bridgehead atoms. The van der Waals surface area contributed by atoms with E-state index >= 15 is 0 Å². The zero-order chi connectivity index (χ0) is 42.3. The highest BCUT2D eigenvalue weighted by Gasteiger charge is 2.23. The Labute approximate surface area is 320 Å². The Bertz CT molecular complexity index is 2000. The van der Waals surface area contributed by atoms with Crippen LogP contribution in [0.2, 0.25) is 0 Å². The number of nitro groups is 3. The number of aryl methyl sites for hydroxylation is 2. The Morgan fingerprint density at radius 3 is 1.29 bits per heavy atom. The van der Waals surface area contributed by atoms with E-state index < -0.39 is 20.7 Å². The van der Waals surface area contributed by atoms with E-state index in [1.54, 1.807) is 45.2 Å². The summed E-state index contributed by atoms with van der Waals surface area (Å²) in [6.07, 6.45) is 0. The van der Waals surface area contributed by atoms with Gasteiger partial charge in [-0.15, -0.1) is 0 Å². The fraction of sp³-hybridized carbons (Fsp3) is 0.324. The summed E-state index contributed by atoms with van der Waals surface area (Å²) in [6.45, 7) is 7.54. The summed E-state index contributed by atoms with van der Waals surface area (Å²) in [5.41, 5.74) is 5.39. The molecule has 2 aromatic heterocycles. The quantitative estimate of drug-likeness (QED) is 0.0899. The van der Waals surface area contributed by atoms with Crippen LogP contribution in [-0.2, 0) is 4.74 Å². The summed E-state index contributed by atoms with van der Waals surface area (Å²) in [4.78, 5) is 51.7. The van der Waals surface area contributed by atoms with Gasteiger partial charge in [0.2, 0.25) is 17.2 Å². The zero-order valence-electron chi connectivity index (χ0n) is 32.3. The number of aromatic amines is 2. The number of carbonyl (C=O) groups excluding carboxylic acids is 1. The normalized spacial score (nSPS) is 10.4. The largest absolute Gasteiger partial charge is 0.490 e. The molecule has 0 aliphatic heterocycles. The van der Waals surface area contributed by atoms with E-state index in [1.165, 1.54) is 51.7 Å². The molecule has 0 aliphatic carbocycles. The second-order valence-corrected chi connectivity index (χ2v) is 11.7. The van der Waals surface area contributed by atoms with E-state index in [-0.39, 0.29) is 45.6 Å². The van der Waals surface area contributed by atoms with Crippen LogP contribution in [0.3, 0.4) is 0 Å². The van der Waals surface area contributed by atoms with Crippen molar-refractivity contribution in [3.8, 4) is 40.0 Å². The van der Waals surface area contributed by atoms with Crippen molar-refractivity contribution in [2.24, 2.45) is 5.73 Å². The molecule has 2 heterocycles. The minimum atomic E-state index is -0.759. The van der Waals surface area contributed by atoms with Gasteiger partial charge in [-0.25, -0.2) is 9.97 Å². The van der Waals surface area contributed by atoms with Gasteiger partial charge in [-0.2, -0.15) is 10.2 Å². The number of methoxy groups -OCH3 is 4. The van der Waals surface area contributed by atoms with E-state index in [0.717, 1.165) is 0 Å². The molecule has 0 aliphatic rings. The Hall–Kier alpha value is -7.07. The number of hydrogen-bond donors (Lipinski definition) is 3. The first-order valence-electron chi connectivity index (χ1n) is 16.1. The predicted molar refractivity (Wildman–Crippen MR) is 202 cm³/mol. The molecule has 0 radical (unpaired) electrons. The number of benzene rings is 3. The number of nitro benzene ring substituents is 3. The number of carbonyl (C=O) groups is 1. The fourth-order valence-electron chi connectivity index (χ4n) is 4.30. The van der Waals surface area contributed by atoms with Crippen LogP contribution in [0.5, 0.6) is 17.2 Å². The average Bonchev–Trinajstić information content (AvgIpc) is 3.81. The molecule has 22 heteroatoms. The van der Waals surface area contributed by atoms with Gasteiger partial charge in [-0.3, -0.25) is 50.2 Å². The van der Waals surface area contributed by atoms with Gasteiger partial charge in [0, 0.05) is 25.3 Å². The maximum atomic E-state index is 10.9. The molecule has 0 fully saturated rings. The number of primary amides is 1. The van der Waals surface area contributed by atoms with Crippen molar-refractivity contribution in [3.05, 3.63) is 102 Å². The average molecular weight is 782 g/mol. The maximum absolute atomic E-state index is 10.9. The van der Waals surface area contributed by atoms with Crippen LogP contribution in [0.25, 0.3) is 22.8 Å². The minimum absolute atomic E-state index is 0.00157. The molecule has 5 rings (SSSR count). The number of hydrogen-bond acceptors (Lipinski definition) is 16. The molecular weight excluding hydrogens is 738 g/mol. The molecule has 0 spiro atoms. The molecule has 0 saturated heterocycles. The van der Waals surface area contributed by atoms with Crippen molar-refractivity contribution in [3.63, 3.8) is 0 Å². The Morgan fingerprint density at radius 1 is 0.679 bits per heavy atom. The Balaban J connectivity index is 0.000000266. The fourth-order valence-corrected chi connectivity index (χ4v) is 4.30. The van der Waals surface area contributed by atoms with Crippen molar-refractivity contribution in [1.29, 1.82) is 0 Å². The molecule has 300 valence electrons. The summed E-state index contributed by atoms with van der Waals surface area (Å²) in [7, 11) is 9.69. The molecule has 0 saturated carbocycles. The number of aromatic nitrogens is 6. The molecule has 56 heavy (non-hydrogen) atoms. The zero-order valence-corrected chi connectivity index (χ0v) is 32.3. The van der Waals surface area contributed by atoms with Crippen LogP contribution in [0.15, 0.2) is 54.6 Å². The van der Waals surface area contributed by atoms with Crippen LogP contribution in [0, 0.1) is 44.2 Å². The Morgan fingerprint density at radius 2 is 1.04 bits per heavy atom. The van der Waals surface area contributed by atoms with Crippen LogP contribution < -0.4 is 19.9 Å². The number of rotatable bonds is 11. The smallest absolute Gasteiger partial charge is 0.311 e. The van der Waals surface area contributed by atoms with Gasteiger partial charge < -0.3 is 24.7 Å². The van der Waals surface area contributed by atoms with Gasteiger partial charge in [0.1, 0.15) is 17.4 Å². The number of nitrogens with two attached hydrogens (primary N) is 1. The van der Waals surface area contributed by atoms with Gasteiger partial charge >= 0.3 is 17.1 Å². The van der Waals surface area contributed by atoms with Gasteiger partial charge in [-0.1, -0.05) is 18.2 Å². The lowest BCUT2D eigenvalue weighted by Crippen LogP contribution is -2.39. The van der Waals surface area contributed by atoms with Gasteiger partial charge in [0.25, 0.3) is 5.91 Å². The molecule has 4 N–H and O–H groups in total. The van der Waals surface area contributed by atoms with Crippen LogP contribution >= 0.6 is 0 Å². The topological polar surface area (TPSA) is 296 Å². The highest BCUT2D eigenvalue weighted by atomic mass is 16.6. The monoisotopic (exact) mass is 781 g/mol. The molecule has 1 amide bonds. The van der Waals surface area contributed by atoms with E-state index in [0.29, 0.717) is 34.4 Å². The number of H-pyrrole nitrogens is 2. The minimum Gasteiger partial charge on any atom is -0.490 e. The van der Waals surface area contributed by atoms with Crippen LogP contribution in [0.1, 0.15) is 35.9 Å². The van der Waals surface area contributed by atoms with Crippen molar-refractivity contribution in [2.45, 2.75) is 33.4 Å². The molecular formula is C34H43N11O11. The number of nitrogens with zero attached hydrogens (tertiary/aromatic N) is 8. The van der Waals surface area contributed by atoms with Crippen LogP contribution in [-0.4, -0.2) is 104 Å². The number of para-hydroxylation sites is 3. The number of amides is 1. The van der Waals surface area contributed by atoms with Crippen molar-refractivity contribution < 1.29 is 38.5 Å². The van der Waals surface area contributed by atoms with E-state index in [1.807, 2.05) is 32.8 Å². The van der Waals surface area contributed by atoms with E-state index in [9.17, 15) is 35.1 Å².